The van der Waals surface area contributed by atoms with Gasteiger partial charge in [-0.25, -0.2) is 4.99 Å². The topological polar surface area (TPSA) is 75.2 Å². The average molecular weight is 561 g/mol. The van der Waals surface area contributed by atoms with Gasteiger partial charge >= 0.3 is 5.97 Å². The third kappa shape index (κ3) is 12.6. The number of carbonyl (C=O) groups excluding carboxylic acids is 1. The van der Waals surface area contributed by atoms with Gasteiger partial charge in [-0.3, -0.25) is 9.69 Å². The van der Waals surface area contributed by atoms with Gasteiger partial charge in [0.25, 0.3) is 0 Å². The van der Waals surface area contributed by atoms with Gasteiger partial charge in [-0.15, -0.1) is 24.0 Å². The molecule has 182 valence electrons. The molecule has 0 aromatic heterocycles. The van der Waals surface area contributed by atoms with Crippen molar-refractivity contribution in [2.75, 3.05) is 39.3 Å². The molecule has 1 heterocycles. The Morgan fingerprint density at radius 3 is 2.47 bits per heavy atom. The van der Waals surface area contributed by atoms with Crippen molar-refractivity contribution in [2.24, 2.45) is 4.99 Å². The molecule has 1 aliphatic heterocycles. The van der Waals surface area contributed by atoms with Crippen LogP contribution in [0, 0.1) is 0 Å². The standard InChI is InChI=1S/C24H40N4O3.HI/c1-5-25-23(27-18-22(29)31-24(2,3)4)26-14-9-17-30-21-12-15-28(16-13-21)19-20-10-7-6-8-11-20;/h6-8,10-11,21H,5,9,12-19H2,1-4H3,(H2,25,26,27);1H. The zero-order chi connectivity index (χ0) is 22.5. The van der Waals surface area contributed by atoms with E-state index in [2.05, 4.69) is 50.9 Å². The summed E-state index contributed by atoms with van der Waals surface area (Å²) in [4.78, 5) is 18.6. The predicted molar refractivity (Wildman–Crippen MR) is 141 cm³/mol. The van der Waals surface area contributed by atoms with E-state index < -0.39 is 5.60 Å². The van der Waals surface area contributed by atoms with Crippen molar-refractivity contribution in [3.63, 3.8) is 0 Å². The number of benzene rings is 1. The highest BCUT2D eigenvalue weighted by Gasteiger charge is 2.19. The summed E-state index contributed by atoms with van der Waals surface area (Å²) in [5.74, 6) is 0.300. The van der Waals surface area contributed by atoms with E-state index in [0.717, 1.165) is 58.6 Å². The molecule has 2 N–H and O–H groups in total. The van der Waals surface area contributed by atoms with Gasteiger partial charge in [-0.05, 0) is 52.5 Å². The number of hydrogen-bond acceptors (Lipinski definition) is 5. The van der Waals surface area contributed by atoms with Gasteiger partial charge in [0.15, 0.2) is 5.96 Å². The summed E-state index contributed by atoms with van der Waals surface area (Å²) in [6.45, 7) is 12.9. The van der Waals surface area contributed by atoms with E-state index in [-0.39, 0.29) is 36.5 Å². The van der Waals surface area contributed by atoms with Crippen molar-refractivity contribution in [1.82, 2.24) is 15.5 Å². The Hall–Kier alpha value is -1.39. The number of halogens is 1. The van der Waals surface area contributed by atoms with Gasteiger partial charge in [0.2, 0.25) is 0 Å². The molecule has 0 saturated carbocycles. The van der Waals surface area contributed by atoms with Gasteiger partial charge in [0, 0.05) is 39.3 Å². The van der Waals surface area contributed by atoms with Gasteiger partial charge in [-0.2, -0.15) is 0 Å². The van der Waals surface area contributed by atoms with Crippen LogP contribution in [0.1, 0.15) is 52.5 Å². The normalized spacial score (nSPS) is 15.7. The molecular formula is C24H41IN4O3. The van der Waals surface area contributed by atoms with Crippen LogP contribution in [-0.2, 0) is 20.8 Å². The smallest absolute Gasteiger partial charge is 0.328 e. The molecule has 2 rings (SSSR count). The molecule has 0 unspecified atom stereocenters. The number of nitrogens with one attached hydrogen (secondary N) is 2. The number of esters is 1. The first-order chi connectivity index (χ1) is 14.9. The maximum atomic E-state index is 11.8. The van der Waals surface area contributed by atoms with Gasteiger partial charge in [0.1, 0.15) is 12.1 Å². The van der Waals surface area contributed by atoms with E-state index in [1.807, 2.05) is 27.7 Å². The van der Waals surface area contributed by atoms with Crippen molar-refractivity contribution in [3.8, 4) is 0 Å². The summed E-state index contributed by atoms with van der Waals surface area (Å²) in [7, 11) is 0. The maximum Gasteiger partial charge on any atom is 0.328 e. The fraction of sp³-hybridized carbons (Fsp3) is 0.667. The lowest BCUT2D eigenvalue weighted by atomic mass is 10.1. The third-order valence-corrected chi connectivity index (χ3v) is 4.88. The Balaban J connectivity index is 0.00000512. The fourth-order valence-electron chi connectivity index (χ4n) is 3.46. The highest BCUT2D eigenvalue weighted by molar-refractivity contribution is 14.0. The molecule has 0 atom stereocenters. The zero-order valence-electron chi connectivity index (χ0n) is 20.1. The van der Waals surface area contributed by atoms with E-state index in [1.54, 1.807) is 0 Å². The van der Waals surface area contributed by atoms with E-state index in [0.29, 0.717) is 12.1 Å². The zero-order valence-corrected chi connectivity index (χ0v) is 22.4. The van der Waals surface area contributed by atoms with Crippen LogP contribution in [-0.4, -0.2) is 67.9 Å². The molecule has 0 radical (unpaired) electrons. The Labute approximate surface area is 210 Å². The molecule has 1 saturated heterocycles. The summed E-state index contributed by atoms with van der Waals surface area (Å²) in [5.41, 5.74) is 0.880. The second-order valence-corrected chi connectivity index (χ2v) is 8.89. The highest BCUT2D eigenvalue weighted by atomic mass is 127. The Morgan fingerprint density at radius 2 is 1.84 bits per heavy atom. The molecule has 0 bridgehead atoms. The lowest BCUT2D eigenvalue weighted by Crippen LogP contribution is -2.39. The first kappa shape index (κ1) is 28.6. The molecule has 7 nitrogen and oxygen atoms in total. The first-order valence-corrected chi connectivity index (χ1v) is 11.5. The Kier molecular flexibility index (Phi) is 13.8. The van der Waals surface area contributed by atoms with Crippen molar-refractivity contribution in [3.05, 3.63) is 35.9 Å². The number of hydrogen-bond donors (Lipinski definition) is 2. The summed E-state index contributed by atoms with van der Waals surface area (Å²) < 4.78 is 11.4. The summed E-state index contributed by atoms with van der Waals surface area (Å²) in [6.07, 6.45) is 3.41. The van der Waals surface area contributed by atoms with Crippen molar-refractivity contribution in [2.45, 2.75) is 65.2 Å². The van der Waals surface area contributed by atoms with Crippen LogP contribution in [0.4, 0.5) is 0 Å². The molecule has 8 heteroatoms. The monoisotopic (exact) mass is 560 g/mol. The molecule has 0 aliphatic carbocycles. The highest BCUT2D eigenvalue weighted by Crippen LogP contribution is 2.16. The lowest BCUT2D eigenvalue weighted by molar-refractivity contribution is -0.152. The van der Waals surface area contributed by atoms with Gasteiger partial charge in [0.05, 0.1) is 6.10 Å². The second kappa shape index (κ2) is 15.4. The Morgan fingerprint density at radius 1 is 1.16 bits per heavy atom. The second-order valence-electron chi connectivity index (χ2n) is 8.89. The van der Waals surface area contributed by atoms with Crippen LogP contribution >= 0.6 is 24.0 Å². The average Bonchev–Trinajstić information content (AvgIpc) is 2.72. The number of aliphatic imine (C=N–C) groups is 1. The third-order valence-electron chi connectivity index (χ3n) is 4.88. The molecule has 1 aliphatic rings. The van der Waals surface area contributed by atoms with Crippen LogP contribution < -0.4 is 10.6 Å². The maximum absolute atomic E-state index is 11.8. The van der Waals surface area contributed by atoms with Crippen molar-refractivity contribution >= 4 is 35.9 Å². The molecule has 0 amide bonds. The van der Waals surface area contributed by atoms with Crippen LogP contribution in [0.25, 0.3) is 0 Å². The number of piperidine rings is 1. The van der Waals surface area contributed by atoms with Crippen LogP contribution in [0.2, 0.25) is 0 Å². The lowest BCUT2D eigenvalue weighted by Gasteiger charge is -2.32. The number of guanidine groups is 1. The summed E-state index contributed by atoms with van der Waals surface area (Å²) in [5, 5.41) is 6.40. The first-order valence-electron chi connectivity index (χ1n) is 11.5. The molecule has 1 aromatic carbocycles. The predicted octanol–water partition coefficient (Wildman–Crippen LogP) is 3.57. The Bertz CT molecular complexity index is 672. The molecule has 0 spiro atoms. The summed E-state index contributed by atoms with van der Waals surface area (Å²) in [6, 6.07) is 10.6. The largest absolute Gasteiger partial charge is 0.459 e. The van der Waals surface area contributed by atoms with E-state index in [1.165, 1.54) is 5.56 Å². The minimum Gasteiger partial charge on any atom is -0.459 e. The van der Waals surface area contributed by atoms with E-state index in [9.17, 15) is 4.79 Å². The van der Waals surface area contributed by atoms with Gasteiger partial charge in [-0.1, -0.05) is 30.3 Å². The molecule has 1 fully saturated rings. The number of carbonyl (C=O) groups is 1. The molecule has 32 heavy (non-hydrogen) atoms. The van der Waals surface area contributed by atoms with Gasteiger partial charge < -0.3 is 20.1 Å². The van der Waals surface area contributed by atoms with Crippen molar-refractivity contribution in [1.29, 1.82) is 0 Å². The molecular weight excluding hydrogens is 519 g/mol. The van der Waals surface area contributed by atoms with Crippen LogP contribution in [0.15, 0.2) is 35.3 Å². The summed E-state index contributed by atoms with van der Waals surface area (Å²) >= 11 is 0. The van der Waals surface area contributed by atoms with Crippen LogP contribution in [0.5, 0.6) is 0 Å². The van der Waals surface area contributed by atoms with E-state index in [4.69, 9.17) is 9.47 Å². The molecule has 1 aromatic rings. The van der Waals surface area contributed by atoms with Crippen molar-refractivity contribution < 1.29 is 14.3 Å². The SMILES string of the molecule is CCNC(=NCC(=O)OC(C)(C)C)NCCCOC1CCN(Cc2ccccc2)CC1.I. The number of likely N-dealkylation sites (tertiary alicyclic amines) is 1. The number of nitrogens with zero attached hydrogens (tertiary/aromatic N) is 2. The van der Waals surface area contributed by atoms with E-state index >= 15 is 0 Å². The number of rotatable bonds is 10. The minimum atomic E-state index is -0.493. The van der Waals surface area contributed by atoms with Crippen LogP contribution in [0.3, 0.4) is 0 Å². The minimum absolute atomic E-state index is 0. The quantitative estimate of drug-likeness (QED) is 0.150. The number of ether oxygens (including phenoxy) is 2. The fourth-order valence-corrected chi connectivity index (χ4v) is 3.46.